The van der Waals surface area contributed by atoms with Crippen molar-refractivity contribution >= 4 is 0 Å². The van der Waals surface area contributed by atoms with Crippen LogP contribution >= 0.6 is 0 Å². The zero-order chi connectivity index (χ0) is 13.8. The molecule has 1 atom stereocenters. The Hall–Kier alpha value is -1.87. The fourth-order valence-electron chi connectivity index (χ4n) is 2.03. The first-order valence-corrected chi connectivity index (χ1v) is 6.28. The Morgan fingerprint density at radius 3 is 2.74 bits per heavy atom. The number of rotatable bonds is 4. The number of aliphatic hydroxyl groups is 1. The molecule has 1 N–H and O–H groups in total. The van der Waals surface area contributed by atoms with Gasteiger partial charge >= 0.3 is 0 Å². The monoisotopic (exact) mass is 260 g/mol. The van der Waals surface area contributed by atoms with Gasteiger partial charge in [0.1, 0.15) is 17.7 Å². The lowest BCUT2D eigenvalue weighted by molar-refractivity contribution is 0.218. The Morgan fingerprint density at radius 2 is 2.00 bits per heavy atom. The van der Waals surface area contributed by atoms with Crippen molar-refractivity contribution in [1.82, 2.24) is 0 Å². The number of hydrogen-bond acceptors (Lipinski definition) is 2. The summed E-state index contributed by atoms with van der Waals surface area (Å²) in [6.07, 6.45) is -0.851. The molecule has 0 fully saturated rings. The maximum Gasteiger partial charge on any atom is 0.123 e. The van der Waals surface area contributed by atoms with E-state index in [0.29, 0.717) is 23.5 Å². The predicted octanol–water partition coefficient (Wildman–Crippen LogP) is 3.61. The normalized spacial score (nSPS) is 12.2. The first kappa shape index (κ1) is 13.6. The number of ether oxygens (including phenoxy) is 1. The second-order valence-corrected chi connectivity index (χ2v) is 4.41. The first-order chi connectivity index (χ1) is 9.11. The van der Waals surface area contributed by atoms with Crippen molar-refractivity contribution in [2.24, 2.45) is 0 Å². The van der Waals surface area contributed by atoms with Crippen molar-refractivity contribution in [2.75, 3.05) is 6.61 Å². The van der Waals surface area contributed by atoms with Crippen LogP contribution in [-0.2, 0) is 0 Å². The summed E-state index contributed by atoms with van der Waals surface area (Å²) in [5.41, 5.74) is 2.13. The molecule has 0 amide bonds. The van der Waals surface area contributed by atoms with Crippen LogP contribution in [0.2, 0.25) is 0 Å². The topological polar surface area (TPSA) is 29.5 Å². The lowest BCUT2D eigenvalue weighted by Crippen LogP contribution is -2.03. The van der Waals surface area contributed by atoms with Gasteiger partial charge in [0.15, 0.2) is 0 Å². The van der Waals surface area contributed by atoms with E-state index in [1.165, 1.54) is 12.1 Å². The molecule has 0 aliphatic heterocycles. The van der Waals surface area contributed by atoms with Gasteiger partial charge in [-0.3, -0.25) is 0 Å². The van der Waals surface area contributed by atoms with Crippen molar-refractivity contribution < 1.29 is 14.2 Å². The zero-order valence-electron chi connectivity index (χ0n) is 11.1. The molecule has 19 heavy (non-hydrogen) atoms. The summed E-state index contributed by atoms with van der Waals surface area (Å²) in [5.74, 6) is 0.355. The number of halogens is 1. The van der Waals surface area contributed by atoms with Crippen LogP contribution in [0, 0.1) is 12.7 Å². The van der Waals surface area contributed by atoms with Crippen molar-refractivity contribution in [3.05, 3.63) is 65.0 Å². The summed E-state index contributed by atoms with van der Waals surface area (Å²) >= 11 is 0. The summed E-state index contributed by atoms with van der Waals surface area (Å²) < 4.78 is 18.7. The van der Waals surface area contributed by atoms with Gasteiger partial charge in [-0.05, 0) is 54.8 Å². The molecule has 0 radical (unpaired) electrons. The fraction of sp³-hybridized carbons (Fsp3) is 0.250. The average molecular weight is 260 g/mol. The minimum atomic E-state index is -0.851. The van der Waals surface area contributed by atoms with Gasteiger partial charge in [-0.15, -0.1) is 0 Å². The minimum Gasteiger partial charge on any atom is -0.494 e. The van der Waals surface area contributed by atoms with Crippen LogP contribution in [-0.4, -0.2) is 11.7 Å². The largest absolute Gasteiger partial charge is 0.494 e. The van der Waals surface area contributed by atoms with E-state index >= 15 is 0 Å². The molecule has 0 aliphatic carbocycles. The summed E-state index contributed by atoms with van der Waals surface area (Å²) in [5, 5.41) is 10.4. The second kappa shape index (κ2) is 5.85. The quantitative estimate of drug-likeness (QED) is 0.909. The first-order valence-electron chi connectivity index (χ1n) is 6.28. The van der Waals surface area contributed by atoms with E-state index in [9.17, 15) is 9.50 Å². The third-order valence-corrected chi connectivity index (χ3v) is 3.02. The molecular weight excluding hydrogens is 243 g/mol. The van der Waals surface area contributed by atoms with Gasteiger partial charge in [0, 0.05) is 0 Å². The fourth-order valence-corrected chi connectivity index (χ4v) is 2.03. The van der Waals surface area contributed by atoms with Crippen LogP contribution in [0.25, 0.3) is 0 Å². The van der Waals surface area contributed by atoms with E-state index in [1.807, 2.05) is 26.0 Å². The molecule has 0 spiro atoms. The average Bonchev–Trinajstić information content (AvgIpc) is 2.41. The number of benzene rings is 2. The molecule has 2 rings (SSSR count). The second-order valence-electron chi connectivity index (χ2n) is 4.41. The third kappa shape index (κ3) is 3.12. The van der Waals surface area contributed by atoms with Crippen molar-refractivity contribution in [3.8, 4) is 5.75 Å². The number of aryl methyl sites for hydroxylation is 1. The van der Waals surface area contributed by atoms with Gasteiger partial charge in [0.05, 0.1) is 6.61 Å². The van der Waals surface area contributed by atoms with Gasteiger partial charge in [-0.25, -0.2) is 4.39 Å². The molecule has 0 saturated carbocycles. The van der Waals surface area contributed by atoms with Crippen LogP contribution in [0.1, 0.15) is 29.7 Å². The molecule has 3 heteroatoms. The van der Waals surface area contributed by atoms with Crippen LogP contribution < -0.4 is 4.74 Å². The Balaban J connectivity index is 2.35. The maximum atomic E-state index is 13.3. The Morgan fingerprint density at radius 1 is 1.21 bits per heavy atom. The molecule has 0 aliphatic rings. The summed E-state index contributed by atoms with van der Waals surface area (Å²) in [4.78, 5) is 0. The van der Waals surface area contributed by atoms with Crippen LogP contribution in [0.15, 0.2) is 42.5 Å². The van der Waals surface area contributed by atoms with E-state index in [1.54, 1.807) is 18.2 Å². The van der Waals surface area contributed by atoms with Gasteiger partial charge < -0.3 is 9.84 Å². The molecular formula is C16H17FO2. The van der Waals surface area contributed by atoms with E-state index in [-0.39, 0.29) is 5.82 Å². The molecule has 1 unspecified atom stereocenters. The van der Waals surface area contributed by atoms with Gasteiger partial charge in [-0.1, -0.05) is 18.2 Å². The van der Waals surface area contributed by atoms with E-state index < -0.39 is 6.10 Å². The highest BCUT2D eigenvalue weighted by molar-refractivity contribution is 5.38. The van der Waals surface area contributed by atoms with Crippen LogP contribution in [0.4, 0.5) is 4.39 Å². The molecule has 2 nitrogen and oxygen atoms in total. The van der Waals surface area contributed by atoms with Crippen molar-refractivity contribution in [1.29, 1.82) is 0 Å². The molecule has 2 aromatic rings. The molecule has 0 heterocycles. The Labute approximate surface area is 112 Å². The van der Waals surface area contributed by atoms with E-state index in [0.717, 1.165) is 5.56 Å². The number of aliphatic hydroxyl groups excluding tert-OH is 1. The predicted molar refractivity (Wildman–Crippen MR) is 72.8 cm³/mol. The highest BCUT2D eigenvalue weighted by Gasteiger charge is 2.14. The lowest BCUT2D eigenvalue weighted by atomic mass is 9.97. The summed E-state index contributed by atoms with van der Waals surface area (Å²) in [6, 6.07) is 11.7. The molecule has 2 aromatic carbocycles. The molecule has 100 valence electrons. The zero-order valence-corrected chi connectivity index (χ0v) is 11.1. The highest BCUT2D eigenvalue weighted by atomic mass is 19.1. The molecule has 0 aromatic heterocycles. The minimum absolute atomic E-state index is 0.347. The standard InChI is InChI=1S/C16H17FO2/c1-3-19-14-6-4-5-12(9-14)16(18)15-10-13(17)8-7-11(15)2/h4-10,16,18H,3H2,1-2H3. The summed E-state index contributed by atoms with van der Waals surface area (Å²) in [7, 11) is 0. The van der Waals surface area contributed by atoms with Gasteiger partial charge in [-0.2, -0.15) is 0 Å². The Kier molecular flexibility index (Phi) is 4.17. The smallest absolute Gasteiger partial charge is 0.123 e. The van der Waals surface area contributed by atoms with Crippen molar-refractivity contribution in [3.63, 3.8) is 0 Å². The molecule has 0 bridgehead atoms. The lowest BCUT2D eigenvalue weighted by Gasteiger charge is -2.15. The molecule has 0 saturated heterocycles. The highest BCUT2D eigenvalue weighted by Crippen LogP contribution is 2.27. The SMILES string of the molecule is CCOc1cccc(C(O)c2cc(F)ccc2C)c1. The maximum absolute atomic E-state index is 13.3. The Bertz CT molecular complexity index is 566. The van der Waals surface area contributed by atoms with Crippen LogP contribution in [0.3, 0.4) is 0 Å². The van der Waals surface area contributed by atoms with Gasteiger partial charge in [0.2, 0.25) is 0 Å². The third-order valence-electron chi connectivity index (χ3n) is 3.02. The van der Waals surface area contributed by atoms with Crippen LogP contribution in [0.5, 0.6) is 5.75 Å². The van der Waals surface area contributed by atoms with Gasteiger partial charge in [0.25, 0.3) is 0 Å². The van der Waals surface area contributed by atoms with E-state index in [4.69, 9.17) is 4.74 Å². The van der Waals surface area contributed by atoms with E-state index in [2.05, 4.69) is 0 Å². The number of hydrogen-bond donors (Lipinski definition) is 1. The summed E-state index contributed by atoms with van der Waals surface area (Å²) in [6.45, 7) is 4.32. The van der Waals surface area contributed by atoms with Crippen molar-refractivity contribution in [2.45, 2.75) is 20.0 Å².